The van der Waals surface area contributed by atoms with Crippen molar-refractivity contribution in [3.8, 4) is 5.13 Å². The summed E-state index contributed by atoms with van der Waals surface area (Å²) >= 11 is 1.36. The first-order valence-corrected chi connectivity index (χ1v) is 5.71. The fraction of sp³-hybridized carbons (Fsp3) is 0.182. The quantitative estimate of drug-likeness (QED) is 0.878. The molecule has 2 heterocycles. The van der Waals surface area contributed by atoms with Gasteiger partial charge in [-0.15, -0.1) is 11.3 Å². The standard InChI is InChI=1S/C11H10N2O3S/c1-6-7(2)17-11(12-6)13-5-8(10(15)16)3-4-9(13)14/h3-5H,1-2H3,(H,15,16). The molecule has 88 valence electrons. The van der Waals surface area contributed by atoms with Crippen LogP contribution < -0.4 is 5.56 Å². The third-order valence-electron chi connectivity index (χ3n) is 2.38. The van der Waals surface area contributed by atoms with Crippen molar-refractivity contribution < 1.29 is 9.90 Å². The summed E-state index contributed by atoms with van der Waals surface area (Å²) in [5.41, 5.74) is 0.622. The van der Waals surface area contributed by atoms with Gasteiger partial charge < -0.3 is 5.11 Å². The SMILES string of the molecule is Cc1nc(-n2cc(C(=O)O)ccc2=O)sc1C. The predicted molar refractivity (Wildman–Crippen MR) is 64.1 cm³/mol. The Kier molecular flexibility index (Phi) is 2.81. The van der Waals surface area contributed by atoms with Crippen LogP contribution in [0.5, 0.6) is 0 Å². The van der Waals surface area contributed by atoms with E-state index in [0.717, 1.165) is 10.6 Å². The van der Waals surface area contributed by atoms with Gasteiger partial charge in [-0.1, -0.05) is 0 Å². The van der Waals surface area contributed by atoms with Gasteiger partial charge in [0.25, 0.3) is 5.56 Å². The molecular weight excluding hydrogens is 240 g/mol. The average Bonchev–Trinajstić information content (AvgIpc) is 2.59. The third-order valence-corrected chi connectivity index (χ3v) is 3.45. The van der Waals surface area contributed by atoms with E-state index in [0.29, 0.717) is 5.13 Å². The summed E-state index contributed by atoms with van der Waals surface area (Å²) in [6, 6.07) is 2.52. The highest BCUT2D eigenvalue weighted by atomic mass is 32.1. The maximum absolute atomic E-state index is 11.7. The van der Waals surface area contributed by atoms with Crippen LogP contribution in [0.3, 0.4) is 0 Å². The lowest BCUT2D eigenvalue weighted by Crippen LogP contribution is -2.18. The summed E-state index contributed by atoms with van der Waals surface area (Å²) in [6.07, 6.45) is 1.29. The second kappa shape index (κ2) is 4.14. The number of hydrogen-bond acceptors (Lipinski definition) is 4. The summed E-state index contributed by atoms with van der Waals surface area (Å²) in [5, 5.41) is 9.37. The molecular formula is C11H10N2O3S. The highest BCUT2D eigenvalue weighted by Gasteiger charge is 2.10. The number of aryl methyl sites for hydroxylation is 2. The summed E-state index contributed by atoms with van der Waals surface area (Å²) < 4.78 is 1.26. The zero-order valence-electron chi connectivity index (χ0n) is 9.30. The normalized spacial score (nSPS) is 10.5. The van der Waals surface area contributed by atoms with Gasteiger partial charge in [-0.3, -0.25) is 9.36 Å². The molecule has 0 radical (unpaired) electrons. The molecule has 2 aromatic heterocycles. The summed E-state index contributed by atoms with van der Waals surface area (Å²) in [4.78, 5) is 27.7. The van der Waals surface area contributed by atoms with Crippen molar-refractivity contribution in [2.75, 3.05) is 0 Å². The van der Waals surface area contributed by atoms with Crippen molar-refractivity contribution >= 4 is 17.3 Å². The number of thiazole rings is 1. The Morgan fingerprint density at radius 2 is 2.12 bits per heavy atom. The van der Waals surface area contributed by atoms with E-state index in [9.17, 15) is 9.59 Å². The fourth-order valence-corrected chi connectivity index (χ4v) is 2.21. The topological polar surface area (TPSA) is 72.2 Å². The zero-order valence-corrected chi connectivity index (χ0v) is 10.1. The van der Waals surface area contributed by atoms with Gasteiger partial charge in [0, 0.05) is 17.1 Å². The molecule has 0 fully saturated rings. The van der Waals surface area contributed by atoms with Crippen molar-refractivity contribution in [3.63, 3.8) is 0 Å². The lowest BCUT2D eigenvalue weighted by atomic mass is 10.3. The van der Waals surface area contributed by atoms with Gasteiger partial charge in [0.1, 0.15) is 0 Å². The molecule has 0 aliphatic rings. The fourth-order valence-electron chi connectivity index (χ4n) is 1.32. The number of aromatic nitrogens is 2. The van der Waals surface area contributed by atoms with Crippen LogP contribution in [-0.4, -0.2) is 20.6 Å². The first-order chi connectivity index (χ1) is 7.99. The molecule has 0 aromatic carbocycles. The molecule has 5 nitrogen and oxygen atoms in total. The first-order valence-electron chi connectivity index (χ1n) is 4.89. The average molecular weight is 250 g/mol. The number of hydrogen-bond donors (Lipinski definition) is 1. The van der Waals surface area contributed by atoms with Crippen LogP contribution in [0.15, 0.2) is 23.1 Å². The Morgan fingerprint density at radius 3 is 2.65 bits per heavy atom. The largest absolute Gasteiger partial charge is 0.478 e. The molecule has 6 heteroatoms. The predicted octanol–water partition coefficient (Wildman–Crippen LogP) is 1.61. The molecule has 1 N–H and O–H groups in total. The summed E-state index contributed by atoms with van der Waals surface area (Å²) in [7, 11) is 0. The van der Waals surface area contributed by atoms with Crippen molar-refractivity contribution in [2.45, 2.75) is 13.8 Å². The van der Waals surface area contributed by atoms with Gasteiger partial charge in [-0.25, -0.2) is 9.78 Å². The summed E-state index contributed by atoms with van der Waals surface area (Å²) in [5.74, 6) is -1.07. The number of nitrogens with zero attached hydrogens (tertiary/aromatic N) is 2. The molecule has 2 aromatic rings. The van der Waals surface area contributed by atoms with Gasteiger partial charge in [0.2, 0.25) is 0 Å². The van der Waals surface area contributed by atoms with Gasteiger partial charge in [0.15, 0.2) is 5.13 Å². The van der Waals surface area contributed by atoms with Crippen LogP contribution in [0.1, 0.15) is 20.9 Å². The molecule has 17 heavy (non-hydrogen) atoms. The van der Waals surface area contributed by atoms with E-state index in [4.69, 9.17) is 5.11 Å². The maximum Gasteiger partial charge on any atom is 0.337 e. The molecule has 2 rings (SSSR count). The molecule has 0 aliphatic heterocycles. The second-order valence-corrected chi connectivity index (χ2v) is 4.75. The Hall–Kier alpha value is -1.95. The Morgan fingerprint density at radius 1 is 1.41 bits per heavy atom. The van der Waals surface area contributed by atoms with E-state index in [2.05, 4.69) is 4.98 Å². The Balaban J connectivity index is 2.62. The van der Waals surface area contributed by atoms with Crippen molar-refractivity contribution in [1.82, 2.24) is 9.55 Å². The highest BCUT2D eigenvalue weighted by Crippen LogP contribution is 2.19. The van der Waals surface area contributed by atoms with Gasteiger partial charge in [-0.05, 0) is 19.9 Å². The number of aromatic carboxylic acids is 1. The number of carboxylic acids is 1. The maximum atomic E-state index is 11.7. The number of pyridine rings is 1. The molecule has 0 atom stereocenters. The minimum atomic E-state index is -1.07. The van der Waals surface area contributed by atoms with Crippen LogP contribution in [0, 0.1) is 13.8 Å². The minimum Gasteiger partial charge on any atom is -0.478 e. The first kappa shape index (κ1) is 11.5. The van der Waals surface area contributed by atoms with E-state index in [1.54, 1.807) is 0 Å². The van der Waals surface area contributed by atoms with E-state index in [-0.39, 0.29) is 11.1 Å². The number of carbonyl (C=O) groups is 1. The summed E-state index contributed by atoms with van der Waals surface area (Å²) in [6.45, 7) is 3.75. The van der Waals surface area contributed by atoms with Crippen LogP contribution in [0.2, 0.25) is 0 Å². The van der Waals surface area contributed by atoms with E-state index in [1.807, 2.05) is 13.8 Å². The lowest BCUT2D eigenvalue weighted by molar-refractivity contribution is 0.0696. The molecule has 0 saturated carbocycles. The Labute approximate surface area is 101 Å². The zero-order chi connectivity index (χ0) is 12.6. The second-order valence-electron chi connectivity index (χ2n) is 3.57. The highest BCUT2D eigenvalue weighted by molar-refractivity contribution is 7.14. The van der Waals surface area contributed by atoms with Crippen LogP contribution >= 0.6 is 11.3 Å². The van der Waals surface area contributed by atoms with Crippen LogP contribution in [0.25, 0.3) is 5.13 Å². The van der Waals surface area contributed by atoms with Crippen LogP contribution in [0.4, 0.5) is 0 Å². The molecule has 0 spiro atoms. The molecule has 0 aliphatic carbocycles. The van der Waals surface area contributed by atoms with Crippen molar-refractivity contribution in [2.24, 2.45) is 0 Å². The van der Waals surface area contributed by atoms with Gasteiger partial charge in [0.05, 0.1) is 11.3 Å². The van der Waals surface area contributed by atoms with E-state index < -0.39 is 5.97 Å². The molecule has 0 unspecified atom stereocenters. The number of carboxylic acid groups (broad SMARTS) is 1. The van der Waals surface area contributed by atoms with Gasteiger partial charge >= 0.3 is 5.97 Å². The molecule has 0 amide bonds. The molecule has 0 bridgehead atoms. The van der Waals surface area contributed by atoms with Gasteiger partial charge in [-0.2, -0.15) is 0 Å². The van der Waals surface area contributed by atoms with E-state index >= 15 is 0 Å². The van der Waals surface area contributed by atoms with Crippen molar-refractivity contribution in [1.29, 1.82) is 0 Å². The smallest absolute Gasteiger partial charge is 0.337 e. The lowest BCUT2D eigenvalue weighted by Gasteiger charge is -2.01. The number of rotatable bonds is 2. The monoisotopic (exact) mass is 250 g/mol. The minimum absolute atomic E-state index is 0.0649. The third kappa shape index (κ3) is 2.12. The van der Waals surface area contributed by atoms with E-state index in [1.165, 1.54) is 34.2 Å². The van der Waals surface area contributed by atoms with Crippen LogP contribution in [-0.2, 0) is 0 Å². The van der Waals surface area contributed by atoms with Crippen molar-refractivity contribution in [3.05, 3.63) is 44.8 Å². The molecule has 0 saturated heterocycles. The Bertz CT molecular complexity index is 623.